The quantitative estimate of drug-likeness (QED) is 0.372. The second kappa shape index (κ2) is 11.3. The number of nitrogens with one attached hydrogen (secondary N) is 3. The van der Waals surface area contributed by atoms with Crippen LogP contribution >= 0.6 is 11.8 Å². The van der Waals surface area contributed by atoms with Gasteiger partial charge in [-0.2, -0.15) is 0 Å². The third-order valence-corrected chi connectivity index (χ3v) is 4.79. The van der Waals surface area contributed by atoms with Gasteiger partial charge in [0.1, 0.15) is 0 Å². The summed E-state index contributed by atoms with van der Waals surface area (Å²) < 4.78 is 0. The lowest BCUT2D eigenvalue weighted by Gasteiger charge is -2.12. The van der Waals surface area contributed by atoms with Crippen LogP contribution < -0.4 is 16.0 Å². The molecule has 3 N–H and O–H groups in total. The summed E-state index contributed by atoms with van der Waals surface area (Å²) in [5.41, 5.74) is 2.99. The van der Waals surface area contributed by atoms with E-state index in [0.29, 0.717) is 12.1 Å². The Hall–Kier alpha value is -2.47. The number of thioether (sulfide) groups is 1. The summed E-state index contributed by atoms with van der Waals surface area (Å²) in [4.78, 5) is 17.6. The number of guanidine groups is 1. The van der Waals surface area contributed by atoms with Crippen molar-refractivity contribution in [2.24, 2.45) is 4.99 Å². The normalized spacial score (nSPS) is 11.1. The predicted octanol–water partition coefficient (Wildman–Crippen LogP) is 3.07. The van der Waals surface area contributed by atoms with E-state index in [1.165, 1.54) is 10.5 Å². The summed E-state index contributed by atoms with van der Waals surface area (Å²) in [6.07, 6.45) is 2.89. The van der Waals surface area contributed by atoms with Crippen LogP contribution in [-0.4, -0.2) is 38.3 Å². The molecule has 0 bridgehead atoms. The van der Waals surface area contributed by atoms with E-state index < -0.39 is 0 Å². The summed E-state index contributed by atoms with van der Waals surface area (Å²) in [7, 11) is 1.64. The molecular formula is C21H28N4OS. The van der Waals surface area contributed by atoms with Crippen molar-refractivity contribution in [1.82, 2.24) is 16.0 Å². The van der Waals surface area contributed by atoms with Gasteiger partial charge < -0.3 is 16.0 Å². The molecule has 6 heteroatoms. The molecule has 2 aromatic carbocycles. The highest BCUT2D eigenvalue weighted by Gasteiger charge is 2.04. The van der Waals surface area contributed by atoms with E-state index in [-0.39, 0.29) is 5.91 Å². The molecule has 0 radical (unpaired) electrons. The number of rotatable bonds is 8. The topological polar surface area (TPSA) is 65.5 Å². The predicted molar refractivity (Wildman–Crippen MR) is 115 cm³/mol. The van der Waals surface area contributed by atoms with Crippen LogP contribution in [0.4, 0.5) is 0 Å². The summed E-state index contributed by atoms with van der Waals surface area (Å²) in [5.74, 6) is 0.737. The van der Waals surface area contributed by atoms with E-state index in [1.54, 1.807) is 18.8 Å². The zero-order valence-electron chi connectivity index (χ0n) is 16.2. The van der Waals surface area contributed by atoms with Crippen molar-refractivity contribution in [2.75, 3.05) is 26.4 Å². The van der Waals surface area contributed by atoms with Crippen LogP contribution in [0.15, 0.2) is 58.4 Å². The van der Waals surface area contributed by atoms with Gasteiger partial charge in [0.2, 0.25) is 0 Å². The SMILES string of the molecule is CCNC(=NCc1ccc(SC)cc1)NCCc1cccc(C(=O)NC)c1. The maximum Gasteiger partial charge on any atom is 0.251 e. The number of hydrogen-bond acceptors (Lipinski definition) is 3. The van der Waals surface area contributed by atoms with Gasteiger partial charge in [-0.05, 0) is 55.0 Å². The van der Waals surface area contributed by atoms with Crippen molar-refractivity contribution in [2.45, 2.75) is 24.8 Å². The van der Waals surface area contributed by atoms with Gasteiger partial charge in [0.25, 0.3) is 5.91 Å². The van der Waals surface area contributed by atoms with Gasteiger partial charge in [0.05, 0.1) is 6.54 Å². The third-order valence-electron chi connectivity index (χ3n) is 4.05. The Morgan fingerprint density at radius 1 is 1.07 bits per heavy atom. The van der Waals surface area contributed by atoms with E-state index >= 15 is 0 Å². The number of carbonyl (C=O) groups excluding carboxylic acids is 1. The Bertz CT molecular complexity index is 759. The summed E-state index contributed by atoms with van der Waals surface area (Å²) in [6, 6.07) is 16.2. The molecule has 0 aliphatic heterocycles. The highest BCUT2D eigenvalue weighted by Crippen LogP contribution is 2.15. The van der Waals surface area contributed by atoms with Crippen LogP contribution in [0.2, 0.25) is 0 Å². The third kappa shape index (κ3) is 6.98. The van der Waals surface area contributed by atoms with Crippen LogP contribution in [0.1, 0.15) is 28.4 Å². The Labute approximate surface area is 166 Å². The van der Waals surface area contributed by atoms with Gasteiger partial charge in [-0.15, -0.1) is 11.8 Å². The molecule has 2 rings (SSSR count). The molecule has 0 unspecified atom stereocenters. The van der Waals surface area contributed by atoms with Crippen molar-refractivity contribution in [3.63, 3.8) is 0 Å². The molecule has 0 aliphatic rings. The summed E-state index contributed by atoms with van der Waals surface area (Å²) in [6.45, 7) is 4.24. The van der Waals surface area contributed by atoms with Crippen molar-refractivity contribution < 1.29 is 4.79 Å². The largest absolute Gasteiger partial charge is 0.357 e. The highest BCUT2D eigenvalue weighted by atomic mass is 32.2. The Morgan fingerprint density at radius 2 is 1.85 bits per heavy atom. The first-order valence-electron chi connectivity index (χ1n) is 9.12. The number of carbonyl (C=O) groups is 1. The lowest BCUT2D eigenvalue weighted by atomic mass is 10.1. The van der Waals surface area contributed by atoms with Crippen molar-refractivity contribution >= 4 is 23.6 Å². The van der Waals surface area contributed by atoms with Crippen molar-refractivity contribution in [1.29, 1.82) is 0 Å². The minimum Gasteiger partial charge on any atom is -0.357 e. The van der Waals surface area contributed by atoms with Gasteiger partial charge in [0, 0.05) is 30.6 Å². The zero-order chi connectivity index (χ0) is 19.5. The molecule has 0 heterocycles. The molecule has 5 nitrogen and oxygen atoms in total. The molecule has 0 saturated carbocycles. The molecule has 27 heavy (non-hydrogen) atoms. The van der Waals surface area contributed by atoms with Crippen LogP contribution in [0.25, 0.3) is 0 Å². The molecule has 2 aromatic rings. The first-order valence-corrected chi connectivity index (χ1v) is 10.3. The number of hydrogen-bond donors (Lipinski definition) is 3. The Kier molecular flexibility index (Phi) is 8.71. The van der Waals surface area contributed by atoms with Gasteiger partial charge >= 0.3 is 0 Å². The van der Waals surface area contributed by atoms with E-state index in [1.807, 2.05) is 24.3 Å². The maximum absolute atomic E-state index is 11.7. The molecule has 0 atom stereocenters. The van der Waals surface area contributed by atoms with Crippen LogP contribution in [-0.2, 0) is 13.0 Å². The van der Waals surface area contributed by atoms with E-state index in [2.05, 4.69) is 58.4 Å². The fraction of sp³-hybridized carbons (Fsp3) is 0.333. The number of nitrogens with zero attached hydrogens (tertiary/aromatic N) is 1. The first-order chi connectivity index (χ1) is 13.2. The standard InChI is InChI=1S/C21H28N4OS/c1-4-23-21(25-15-17-8-10-19(27-3)11-9-17)24-13-12-16-6-5-7-18(14-16)20(26)22-2/h5-11,14H,4,12-13,15H2,1-3H3,(H,22,26)(H2,23,24,25). The number of aliphatic imine (C=N–C) groups is 1. The first kappa shape index (κ1) is 20.8. The average Bonchev–Trinajstić information content (AvgIpc) is 2.72. The van der Waals surface area contributed by atoms with Crippen LogP contribution in [0, 0.1) is 0 Å². The van der Waals surface area contributed by atoms with Gasteiger partial charge in [-0.3, -0.25) is 4.79 Å². The number of amides is 1. The fourth-order valence-electron chi connectivity index (χ4n) is 2.58. The van der Waals surface area contributed by atoms with Gasteiger partial charge in [-0.25, -0.2) is 4.99 Å². The second-order valence-corrected chi connectivity index (χ2v) is 6.88. The lowest BCUT2D eigenvalue weighted by Crippen LogP contribution is -2.38. The molecule has 0 spiro atoms. The van der Waals surface area contributed by atoms with E-state index in [9.17, 15) is 4.79 Å². The maximum atomic E-state index is 11.7. The minimum absolute atomic E-state index is 0.0628. The van der Waals surface area contributed by atoms with Crippen molar-refractivity contribution in [3.05, 3.63) is 65.2 Å². The highest BCUT2D eigenvalue weighted by molar-refractivity contribution is 7.98. The number of benzene rings is 2. The second-order valence-electron chi connectivity index (χ2n) is 6.00. The average molecular weight is 385 g/mol. The molecule has 0 aromatic heterocycles. The minimum atomic E-state index is -0.0628. The van der Waals surface area contributed by atoms with Crippen LogP contribution in [0.5, 0.6) is 0 Å². The molecule has 1 amide bonds. The zero-order valence-corrected chi connectivity index (χ0v) is 17.0. The smallest absolute Gasteiger partial charge is 0.251 e. The Balaban J connectivity index is 1.90. The van der Waals surface area contributed by atoms with Gasteiger partial charge in [0.15, 0.2) is 5.96 Å². The van der Waals surface area contributed by atoms with E-state index in [4.69, 9.17) is 0 Å². The summed E-state index contributed by atoms with van der Waals surface area (Å²) in [5, 5.41) is 9.28. The van der Waals surface area contributed by atoms with Crippen LogP contribution in [0.3, 0.4) is 0 Å². The summed E-state index contributed by atoms with van der Waals surface area (Å²) >= 11 is 1.74. The fourth-order valence-corrected chi connectivity index (χ4v) is 2.99. The van der Waals surface area contributed by atoms with E-state index in [0.717, 1.165) is 31.0 Å². The monoisotopic (exact) mass is 384 g/mol. The molecular weight excluding hydrogens is 356 g/mol. The molecule has 0 aliphatic carbocycles. The lowest BCUT2D eigenvalue weighted by molar-refractivity contribution is 0.0963. The Morgan fingerprint density at radius 3 is 2.52 bits per heavy atom. The molecule has 0 saturated heterocycles. The molecule has 0 fully saturated rings. The van der Waals surface area contributed by atoms with Gasteiger partial charge in [-0.1, -0.05) is 24.3 Å². The van der Waals surface area contributed by atoms with Crippen molar-refractivity contribution in [3.8, 4) is 0 Å². The molecule has 144 valence electrons.